The molecule has 0 radical (unpaired) electrons. The summed E-state index contributed by atoms with van der Waals surface area (Å²) in [6.45, 7) is 2.11. The Morgan fingerprint density at radius 3 is 2.50 bits per heavy atom. The van der Waals surface area contributed by atoms with Crippen molar-refractivity contribution in [1.29, 1.82) is 0 Å². The second kappa shape index (κ2) is 8.13. The minimum Gasteiger partial charge on any atom is -0.382 e. The molecule has 0 aromatic carbocycles. The molecular weight excluding hydrogens is 208 g/mol. The van der Waals surface area contributed by atoms with Crippen molar-refractivity contribution in [3.63, 3.8) is 0 Å². The number of ether oxygens (including phenoxy) is 2. The third kappa shape index (κ3) is 11.8. The second-order valence-corrected chi connectivity index (χ2v) is 4.13. The highest BCUT2D eigenvalue weighted by Gasteiger charge is 1.98. The summed E-state index contributed by atoms with van der Waals surface area (Å²) in [6.07, 6.45) is 1.51. The minimum atomic E-state index is -3.54. The molecule has 0 aromatic rings. The van der Waals surface area contributed by atoms with Gasteiger partial charge in [-0.15, -0.1) is 0 Å². The van der Waals surface area contributed by atoms with Gasteiger partial charge >= 0.3 is 0 Å². The van der Waals surface area contributed by atoms with Crippen LogP contribution in [0.15, 0.2) is 0 Å². The molecule has 0 saturated carbocycles. The zero-order chi connectivity index (χ0) is 10.9. The lowest BCUT2D eigenvalue weighted by atomic mass is 10.3. The van der Waals surface area contributed by atoms with Crippen LogP contribution in [0.1, 0.15) is 12.8 Å². The number of hydrogen-bond donors (Lipinski definition) is 2. The van der Waals surface area contributed by atoms with Gasteiger partial charge in [-0.2, -0.15) is 8.42 Å². The van der Waals surface area contributed by atoms with Crippen LogP contribution >= 0.6 is 0 Å². The molecule has 6 nitrogen and oxygen atoms in total. The summed E-state index contributed by atoms with van der Waals surface area (Å²) in [4.78, 5) is 0. The predicted molar refractivity (Wildman–Crippen MR) is 53.0 cm³/mol. The quantitative estimate of drug-likeness (QED) is 0.505. The lowest BCUT2D eigenvalue weighted by Gasteiger charge is -2.03. The molecule has 0 amide bonds. The van der Waals surface area contributed by atoms with E-state index in [1.807, 2.05) is 0 Å². The van der Waals surface area contributed by atoms with Gasteiger partial charge in [-0.3, -0.25) is 0 Å². The summed E-state index contributed by atoms with van der Waals surface area (Å²) in [7, 11) is -1.93. The molecule has 0 rings (SSSR count). The van der Waals surface area contributed by atoms with Crippen LogP contribution in [0.5, 0.6) is 0 Å². The van der Waals surface area contributed by atoms with E-state index >= 15 is 0 Å². The average molecular weight is 226 g/mol. The van der Waals surface area contributed by atoms with Gasteiger partial charge in [-0.05, 0) is 12.8 Å². The number of nitrogens with two attached hydrogens (primary N) is 1. The van der Waals surface area contributed by atoms with Gasteiger partial charge in [0.25, 0.3) is 10.2 Å². The molecule has 0 aliphatic carbocycles. The van der Waals surface area contributed by atoms with Crippen molar-refractivity contribution in [1.82, 2.24) is 4.72 Å². The van der Waals surface area contributed by atoms with Gasteiger partial charge in [0.05, 0.1) is 13.2 Å². The third-order valence-corrected chi connectivity index (χ3v) is 2.06. The third-order valence-electron chi connectivity index (χ3n) is 1.45. The van der Waals surface area contributed by atoms with E-state index in [4.69, 9.17) is 14.6 Å². The molecule has 14 heavy (non-hydrogen) atoms. The lowest BCUT2D eigenvalue weighted by Crippen LogP contribution is -2.31. The Hall–Kier alpha value is -0.210. The molecule has 0 bridgehead atoms. The number of rotatable bonds is 9. The molecule has 0 fully saturated rings. The second-order valence-electron chi connectivity index (χ2n) is 2.75. The molecule has 0 unspecified atom stereocenters. The lowest BCUT2D eigenvalue weighted by molar-refractivity contribution is 0.0689. The predicted octanol–water partition coefficient (Wildman–Crippen LogP) is -0.777. The minimum absolute atomic E-state index is 0.354. The maximum Gasteiger partial charge on any atom is 0.274 e. The molecule has 0 atom stereocenters. The fourth-order valence-electron chi connectivity index (χ4n) is 0.788. The van der Waals surface area contributed by atoms with Crippen molar-refractivity contribution in [2.24, 2.45) is 5.14 Å². The van der Waals surface area contributed by atoms with Crippen LogP contribution in [0.2, 0.25) is 0 Å². The van der Waals surface area contributed by atoms with Gasteiger partial charge in [-0.1, -0.05) is 0 Å². The molecule has 0 spiro atoms. The van der Waals surface area contributed by atoms with E-state index in [0.29, 0.717) is 32.8 Å². The van der Waals surface area contributed by atoms with Crippen molar-refractivity contribution in [3.8, 4) is 0 Å². The highest BCUT2D eigenvalue weighted by molar-refractivity contribution is 7.87. The van der Waals surface area contributed by atoms with E-state index < -0.39 is 10.2 Å². The standard InChI is InChI=1S/C7H18N2O4S/c1-12-6-7-13-5-3-2-4-9-14(8,10)11/h9H,2-7H2,1H3,(H2,8,10,11). The van der Waals surface area contributed by atoms with Crippen molar-refractivity contribution in [2.45, 2.75) is 12.8 Å². The molecule has 0 aromatic heterocycles. The first-order valence-corrected chi connectivity index (χ1v) is 5.95. The topological polar surface area (TPSA) is 90.7 Å². The zero-order valence-corrected chi connectivity index (χ0v) is 9.18. The Morgan fingerprint density at radius 2 is 1.93 bits per heavy atom. The Kier molecular flexibility index (Phi) is 8.01. The molecule has 3 N–H and O–H groups in total. The maximum atomic E-state index is 10.4. The van der Waals surface area contributed by atoms with Crippen molar-refractivity contribution < 1.29 is 17.9 Å². The van der Waals surface area contributed by atoms with Gasteiger partial charge in [-0.25, -0.2) is 9.86 Å². The summed E-state index contributed by atoms with van der Waals surface area (Å²) in [5, 5.41) is 4.73. The number of methoxy groups -OCH3 is 1. The Morgan fingerprint density at radius 1 is 1.21 bits per heavy atom. The Labute approximate surface area is 84.9 Å². The van der Waals surface area contributed by atoms with Crippen LogP contribution in [-0.4, -0.2) is 41.9 Å². The monoisotopic (exact) mass is 226 g/mol. The van der Waals surface area contributed by atoms with Gasteiger partial charge in [0.1, 0.15) is 0 Å². The van der Waals surface area contributed by atoms with Crippen LogP contribution in [0, 0.1) is 0 Å². The normalized spacial score (nSPS) is 11.9. The van der Waals surface area contributed by atoms with E-state index in [2.05, 4.69) is 4.72 Å². The molecule has 0 aliphatic rings. The Bertz CT molecular complexity index is 218. The van der Waals surface area contributed by atoms with Crippen molar-refractivity contribution in [3.05, 3.63) is 0 Å². The van der Waals surface area contributed by atoms with Gasteiger partial charge < -0.3 is 9.47 Å². The van der Waals surface area contributed by atoms with Crippen LogP contribution < -0.4 is 9.86 Å². The van der Waals surface area contributed by atoms with Gasteiger partial charge in [0.15, 0.2) is 0 Å². The Balaban J connectivity index is 3.07. The smallest absolute Gasteiger partial charge is 0.274 e. The molecule has 0 saturated heterocycles. The van der Waals surface area contributed by atoms with E-state index in [9.17, 15) is 8.42 Å². The molecule has 0 aliphatic heterocycles. The van der Waals surface area contributed by atoms with Gasteiger partial charge in [0.2, 0.25) is 0 Å². The van der Waals surface area contributed by atoms with Crippen LogP contribution in [0.25, 0.3) is 0 Å². The highest BCUT2D eigenvalue weighted by Crippen LogP contribution is 1.89. The first-order chi connectivity index (χ1) is 6.56. The van der Waals surface area contributed by atoms with E-state index in [-0.39, 0.29) is 0 Å². The van der Waals surface area contributed by atoms with Crippen LogP contribution in [0.4, 0.5) is 0 Å². The first-order valence-electron chi connectivity index (χ1n) is 4.40. The molecule has 7 heteroatoms. The largest absolute Gasteiger partial charge is 0.382 e. The fourth-order valence-corrected chi connectivity index (χ4v) is 1.22. The molecular formula is C7H18N2O4S. The number of nitrogens with one attached hydrogen (secondary N) is 1. The van der Waals surface area contributed by atoms with Crippen molar-refractivity contribution >= 4 is 10.2 Å². The fraction of sp³-hybridized carbons (Fsp3) is 1.00. The van der Waals surface area contributed by atoms with E-state index in [1.165, 1.54) is 0 Å². The van der Waals surface area contributed by atoms with E-state index in [1.54, 1.807) is 7.11 Å². The van der Waals surface area contributed by atoms with Gasteiger partial charge in [0, 0.05) is 20.3 Å². The van der Waals surface area contributed by atoms with Crippen LogP contribution in [0.3, 0.4) is 0 Å². The maximum absolute atomic E-state index is 10.4. The summed E-state index contributed by atoms with van der Waals surface area (Å²) >= 11 is 0. The molecule has 0 heterocycles. The highest BCUT2D eigenvalue weighted by atomic mass is 32.2. The van der Waals surface area contributed by atoms with Crippen molar-refractivity contribution in [2.75, 3.05) is 33.5 Å². The number of hydrogen-bond acceptors (Lipinski definition) is 4. The molecule has 86 valence electrons. The summed E-state index contributed by atoms with van der Waals surface area (Å²) in [6, 6.07) is 0. The van der Waals surface area contributed by atoms with E-state index in [0.717, 1.165) is 6.42 Å². The first kappa shape index (κ1) is 13.8. The zero-order valence-electron chi connectivity index (χ0n) is 8.36. The SMILES string of the molecule is COCCOCCCCNS(N)(=O)=O. The van der Waals surface area contributed by atoms with Crippen LogP contribution in [-0.2, 0) is 19.7 Å². The summed E-state index contributed by atoms with van der Waals surface area (Å²) in [5.41, 5.74) is 0. The average Bonchev–Trinajstić information content (AvgIpc) is 2.08. The summed E-state index contributed by atoms with van der Waals surface area (Å²) < 4.78 is 33.0. The number of unbranched alkanes of at least 4 members (excludes halogenated alkanes) is 1. The summed E-state index contributed by atoms with van der Waals surface area (Å²) in [5.74, 6) is 0.